The Kier molecular flexibility index (Phi) is 22.2. The van der Waals surface area contributed by atoms with Gasteiger partial charge in [-0.2, -0.15) is 0 Å². The van der Waals surface area contributed by atoms with Crippen LogP contribution in [-0.4, -0.2) is 143 Å². The van der Waals surface area contributed by atoms with Crippen LogP contribution in [0.15, 0.2) is 60.8 Å². The molecule has 2 aliphatic heterocycles. The van der Waals surface area contributed by atoms with E-state index in [2.05, 4.69) is 47.5 Å². The second kappa shape index (κ2) is 28.2. The Labute approximate surface area is 415 Å². The number of carbonyl (C=O) groups excluding carboxylic acids is 8. The molecule has 2 saturated heterocycles. The van der Waals surface area contributed by atoms with Gasteiger partial charge in [0.2, 0.25) is 47.3 Å². The molecule has 16 N–H and O–H groups in total. The fourth-order valence-corrected chi connectivity index (χ4v) is 10.4. The summed E-state index contributed by atoms with van der Waals surface area (Å²) in [7, 11) is 2.15. The molecule has 0 radical (unpaired) electrons. The number of primary amides is 1. The van der Waals surface area contributed by atoms with Gasteiger partial charge < -0.3 is 69.8 Å². The Morgan fingerprint density at radius 1 is 0.729 bits per heavy atom. The van der Waals surface area contributed by atoms with Crippen LogP contribution in [-0.2, 0) is 51.2 Å². The normalized spacial score (nSPS) is 24.2. The van der Waals surface area contributed by atoms with E-state index in [1.807, 2.05) is 24.3 Å². The molecular weight excluding hydrogens is 941 g/mol. The molecule has 8 amide bonds. The van der Waals surface area contributed by atoms with E-state index in [-0.39, 0.29) is 43.7 Å². The maximum Gasteiger partial charge on any atom is 0.245 e. The summed E-state index contributed by atoms with van der Waals surface area (Å²) >= 11 is 0. The topological polar surface area (TPSA) is 347 Å². The molecule has 0 aliphatic carbocycles. The van der Waals surface area contributed by atoms with Crippen molar-refractivity contribution in [3.8, 4) is 0 Å². The van der Waals surface area contributed by atoms with Crippen molar-refractivity contribution in [3.05, 3.63) is 71.9 Å². The van der Waals surface area contributed by atoms with Crippen LogP contribution in [0, 0.1) is 0 Å². The van der Waals surface area contributed by atoms with Gasteiger partial charge in [0.1, 0.15) is 42.3 Å². The number of hydrogen-bond donors (Lipinski definition) is 13. The van der Waals surface area contributed by atoms with Crippen LogP contribution in [0.3, 0.4) is 0 Å². The first-order chi connectivity index (χ1) is 33.7. The number of aromatic nitrogens is 1. The maximum absolute atomic E-state index is 14.7. The van der Waals surface area contributed by atoms with Gasteiger partial charge >= 0.3 is 0 Å². The van der Waals surface area contributed by atoms with Crippen LogP contribution in [0.5, 0.6) is 0 Å². The second-order valence-corrected chi connectivity index (χ2v) is 20.1. The monoisotopic (exact) mass is 1010 g/mol. The molecule has 70 heavy (non-hydrogen) atoms. The number of aliphatic hydroxyl groups excluding tert-OH is 1. The highest BCUT2D eigenvalue weighted by molar-refractivity contribution is 8.76. The zero-order chi connectivity index (χ0) is 50.6. The summed E-state index contributed by atoms with van der Waals surface area (Å²) in [6.07, 6.45) is 3.49. The predicted molar refractivity (Wildman–Crippen MR) is 268 cm³/mol. The Morgan fingerprint density at radius 3 is 2.06 bits per heavy atom. The lowest BCUT2D eigenvalue weighted by Crippen LogP contribution is -2.62. The third-order valence-corrected chi connectivity index (χ3v) is 14.5. The lowest BCUT2D eigenvalue weighted by molar-refractivity contribution is -0.136. The molecule has 9 atom stereocenters. The van der Waals surface area contributed by atoms with Crippen LogP contribution < -0.4 is 59.7 Å². The third kappa shape index (κ3) is 16.7. The largest absolute Gasteiger partial charge is 0.391 e. The molecular formula is C47H68N12O9S2. The summed E-state index contributed by atoms with van der Waals surface area (Å²) < 4.78 is 0. The van der Waals surface area contributed by atoms with E-state index in [9.17, 15) is 43.5 Å². The molecule has 2 aromatic carbocycles. The zero-order valence-electron chi connectivity index (χ0n) is 39.3. The molecule has 2 aliphatic rings. The van der Waals surface area contributed by atoms with E-state index in [1.54, 1.807) is 36.5 Å². The third-order valence-electron chi connectivity index (χ3n) is 12.1. The summed E-state index contributed by atoms with van der Waals surface area (Å²) in [5, 5.41) is 33.9. The number of unbranched alkanes of at least 4 members (excludes halogenated alkanes) is 2. The minimum atomic E-state index is -1.65. The van der Waals surface area contributed by atoms with Crippen LogP contribution in [0.2, 0.25) is 0 Å². The van der Waals surface area contributed by atoms with Crippen molar-refractivity contribution < 1.29 is 43.5 Å². The number of H-pyrrole nitrogens is 1. The minimum Gasteiger partial charge on any atom is -0.391 e. The van der Waals surface area contributed by atoms with E-state index < -0.39 is 102 Å². The standard InChI is InChI=1S/C47H68N12O9S2/c1-27(60)39-47(68)58-38(45(66)53-32(40(50)61)16-7-9-19-48)26-70-69-25-37(57-41(62)33-18-11-21-51-33)46(67)55-35(22-28-12-3-2-4-13-28)43(64)56-36(23-29-24-52-31-15-6-5-14-30(29)31)44(65)54-34(42(63)59-39)17-8-10-20-49/h2-6,12-15,24,27,32-39,51-52,60H,7-11,16-23,25-26,48-49H2,1H3,(H2,50,61)(H,53,66)(H,54,65)(H,55,67)(H,56,64)(H,57,62)(H,58,68)(H,59,63)/t27-,32+,33+,34+,35-,36-,37+,38+,39+/m1/s1. The smallest absolute Gasteiger partial charge is 0.245 e. The lowest BCUT2D eigenvalue weighted by atomic mass is 10.0. The molecule has 0 saturated carbocycles. The first-order valence-electron chi connectivity index (χ1n) is 23.8. The van der Waals surface area contributed by atoms with Gasteiger partial charge in [0.25, 0.3) is 0 Å². The van der Waals surface area contributed by atoms with E-state index >= 15 is 0 Å². The Morgan fingerprint density at radius 2 is 1.37 bits per heavy atom. The molecule has 2 fully saturated rings. The number of fused-ring (bicyclic) bond motifs is 1. The number of benzene rings is 2. The number of nitrogens with one attached hydrogen (secondary N) is 9. The summed E-state index contributed by atoms with van der Waals surface area (Å²) in [4.78, 5) is 115. The molecule has 21 nitrogen and oxygen atoms in total. The zero-order valence-corrected chi connectivity index (χ0v) is 41.0. The van der Waals surface area contributed by atoms with Gasteiger partial charge in [-0.25, -0.2) is 0 Å². The lowest BCUT2D eigenvalue weighted by Gasteiger charge is -2.29. The number of amides is 8. The van der Waals surface area contributed by atoms with Gasteiger partial charge in [-0.05, 0) is 95.1 Å². The van der Waals surface area contributed by atoms with Gasteiger partial charge in [0, 0.05) is 41.4 Å². The molecule has 23 heteroatoms. The van der Waals surface area contributed by atoms with Gasteiger partial charge in [-0.3, -0.25) is 38.4 Å². The van der Waals surface area contributed by atoms with Gasteiger partial charge in [0.15, 0.2) is 0 Å². The number of para-hydroxylation sites is 1. The van der Waals surface area contributed by atoms with Crippen molar-refractivity contribution in [2.75, 3.05) is 31.1 Å². The van der Waals surface area contributed by atoms with Crippen LogP contribution >= 0.6 is 21.6 Å². The van der Waals surface area contributed by atoms with Gasteiger partial charge in [-0.15, -0.1) is 0 Å². The molecule has 382 valence electrons. The van der Waals surface area contributed by atoms with Crippen molar-refractivity contribution >= 4 is 79.7 Å². The number of carbonyl (C=O) groups is 8. The molecule has 1 aromatic heterocycles. The predicted octanol–water partition coefficient (Wildman–Crippen LogP) is -1.38. The van der Waals surface area contributed by atoms with E-state index in [4.69, 9.17) is 17.2 Å². The number of aromatic amines is 1. The fraction of sp³-hybridized carbons (Fsp3) is 0.532. The summed E-state index contributed by atoms with van der Waals surface area (Å²) in [6, 6.07) is 6.47. The van der Waals surface area contributed by atoms with Crippen LogP contribution in [0.25, 0.3) is 10.9 Å². The molecule has 0 unspecified atom stereocenters. The van der Waals surface area contributed by atoms with E-state index in [0.29, 0.717) is 56.3 Å². The highest BCUT2D eigenvalue weighted by Crippen LogP contribution is 2.24. The maximum atomic E-state index is 14.7. The van der Waals surface area contributed by atoms with Crippen molar-refractivity contribution in [1.29, 1.82) is 0 Å². The van der Waals surface area contributed by atoms with Gasteiger partial charge in [0.05, 0.1) is 12.1 Å². The SMILES string of the molecule is C[C@@H](O)[C@@H]1NC(=O)[C@H](CCCCN)NC(=O)[C@@H](Cc2c[nH]c3ccccc23)NC(=O)[C@@H](Cc2ccccc2)NC(=O)[C@@H](NC(=O)[C@@H]2CCCN2)CSSC[C@@H](C(=O)N[C@@H](CCCCN)C(N)=O)NC1=O. The molecule has 3 aromatic rings. The Hall–Kier alpha value is -5.72. The molecule has 0 bridgehead atoms. The highest BCUT2D eigenvalue weighted by Gasteiger charge is 2.37. The first-order valence-corrected chi connectivity index (χ1v) is 26.2. The van der Waals surface area contributed by atoms with Crippen molar-refractivity contribution in [1.82, 2.24) is 47.5 Å². The highest BCUT2D eigenvalue weighted by atomic mass is 33.1. The fourth-order valence-electron chi connectivity index (χ4n) is 8.12. The van der Waals surface area contributed by atoms with Gasteiger partial charge in [-0.1, -0.05) is 70.1 Å². The molecule has 5 rings (SSSR count). The number of rotatable bonds is 18. The summed E-state index contributed by atoms with van der Waals surface area (Å²) in [6.45, 7) is 2.50. The number of aliphatic hydroxyl groups is 1. The second-order valence-electron chi connectivity index (χ2n) is 17.5. The Bertz CT molecular complexity index is 2250. The minimum absolute atomic E-state index is 0.00750. The van der Waals surface area contributed by atoms with E-state index in [1.165, 1.54) is 6.92 Å². The summed E-state index contributed by atoms with van der Waals surface area (Å²) in [5.74, 6) is -6.29. The number of nitrogens with two attached hydrogens (primary N) is 3. The van der Waals surface area contributed by atoms with Crippen molar-refractivity contribution in [3.63, 3.8) is 0 Å². The molecule has 3 heterocycles. The van der Waals surface area contributed by atoms with Crippen LogP contribution in [0.4, 0.5) is 0 Å². The molecule has 0 spiro atoms. The quantitative estimate of drug-likeness (QED) is 0.0516. The van der Waals surface area contributed by atoms with Crippen LogP contribution in [0.1, 0.15) is 69.4 Å². The average molecular weight is 1010 g/mol. The van der Waals surface area contributed by atoms with E-state index in [0.717, 1.165) is 38.9 Å². The van der Waals surface area contributed by atoms with Crippen molar-refractivity contribution in [2.24, 2.45) is 17.2 Å². The number of hydrogen-bond acceptors (Lipinski definition) is 14. The average Bonchev–Trinajstić information content (AvgIpc) is 4.04. The summed E-state index contributed by atoms with van der Waals surface area (Å²) in [5.41, 5.74) is 19.2. The van der Waals surface area contributed by atoms with Crippen molar-refractivity contribution in [2.45, 2.75) is 126 Å². The Balaban J connectivity index is 1.55. The first kappa shape index (κ1) is 55.2.